The normalized spacial score (nSPS) is 22.3. The second kappa shape index (κ2) is 6.45. The number of halogens is 1. The van der Waals surface area contributed by atoms with Crippen molar-refractivity contribution >= 4 is 11.5 Å². The van der Waals surface area contributed by atoms with Crippen molar-refractivity contribution in [3.8, 4) is 17.0 Å². The van der Waals surface area contributed by atoms with E-state index in [0.717, 1.165) is 41.2 Å². The number of anilines is 1. The Morgan fingerprint density at radius 1 is 1.26 bits per heavy atom. The number of pyridine rings is 1. The van der Waals surface area contributed by atoms with Gasteiger partial charge in [-0.3, -0.25) is 0 Å². The van der Waals surface area contributed by atoms with Crippen LogP contribution in [0.4, 0.5) is 10.2 Å². The highest BCUT2D eigenvalue weighted by Crippen LogP contribution is 2.43. The molecule has 0 aromatic carbocycles. The van der Waals surface area contributed by atoms with Gasteiger partial charge in [-0.05, 0) is 25.0 Å². The average molecular weight is 368 g/mol. The second-order valence-electron chi connectivity index (χ2n) is 7.13. The molecule has 2 aliphatic rings. The molecule has 8 heteroatoms. The molecule has 0 amide bonds. The van der Waals surface area contributed by atoms with Crippen molar-refractivity contribution in [3.05, 3.63) is 36.3 Å². The van der Waals surface area contributed by atoms with Gasteiger partial charge in [0.1, 0.15) is 12.0 Å². The molecule has 1 saturated carbocycles. The lowest BCUT2D eigenvalue weighted by atomic mass is 10.2. The van der Waals surface area contributed by atoms with E-state index in [2.05, 4.69) is 20.7 Å². The van der Waals surface area contributed by atoms with Crippen molar-refractivity contribution in [1.82, 2.24) is 24.9 Å². The van der Waals surface area contributed by atoms with Gasteiger partial charge in [0.2, 0.25) is 0 Å². The predicted molar refractivity (Wildman–Crippen MR) is 99.9 cm³/mol. The summed E-state index contributed by atoms with van der Waals surface area (Å²) in [5.41, 5.74) is 3.35. The third kappa shape index (κ3) is 2.99. The van der Waals surface area contributed by atoms with Gasteiger partial charge in [0.15, 0.2) is 11.4 Å². The van der Waals surface area contributed by atoms with E-state index in [-0.39, 0.29) is 6.04 Å². The molecule has 3 aromatic heterocycles. The summed E-state index contributed by atoms with van der Waals surface area (Å²) in [4.78, 5) is 9.50. The molecule has 5 rings (SSSR count). The predicted octanol–water partition coefficient (Wildman–Crippen LogP) is 2.40. The van der Waals surface area contributed by atoms with Crippen molar-refractivity contribution in [2.24, 2.45) is 0 Å². The van der Waals surface area contributed by atoms with Gasteiger partial charge >= 0.3 is 0 Å². The smallest absolute Gasteiger partial charge is 0.164 e. The fourth-order valence-electron chi connectivity index (χ4n) is 3.54. The summed E-state index contributed by atoms with van der Waals surface area (Å²) >= 11 is 0. The maximum absolute atomic E-state index is 13.9. The Labute approximate surface area is 156 Å². The molecular formula is C19H21FN6O. The first kappa shape index (κ1) is 16.4. The van der Waals surface area contributed by atoms with Crippen molar-refractivity contribution in [2.75, 3.05) is 25.5 Å². The number of fused-ring (bicyclic) bond motifs is 1. The van der Waals surface area contributed by atoms with Crippen LogP contribution in [0.2, 0.25) is 0 Å². The second-order valence-corrected chi connectivity index (χ2v) is 7.13. The number of rotatable bonds is 5. The fraction of sp³-hybridized carbons (Fsp3) is 0.421. The summed E-state index contributed by atoms with van der Waals surface area (Å²) in [6, 6.07) is 5.42. The van der Waals surface area contributed by atoms with Crippen LogP contribution in [0.1, 0.15) is 24.5 Å². The van der Waals surface area contributed by atoms with Gasteiger partial charge in [-0.2, -0.15) is 5.10 Å². The number of nitrogens with one attached hydrogen (secondary N) is 2. The van der Waals surface area contributed by atoms with E-state index in [0.29, 0.717) is 24.8 Å². The number of ether oxygens (including phenoxy) is 1. The lowest BCUT2D eigenvalue weighted by Crippen LogP contribution is -2.29. The van der Waals surface area contributed by atoms with Crippen LogP contribution >= 0.6 is 0 Å². The maximum Gasteiger partial charge on any atom is 0.164 e. The molecule has 140 valence electrons. The Morgan fingerprint density at radius 2 is 2.15 bits per heavy atom. The number of hydrogen-bond acceptors (Lipinski definition) is 6. The molecule has 7 nitrogen and oxygen atoms in total. The molecule has 2 atom stereocenters. The molecule has 0 bridgehead atoms. The first-order valence-electron chi connectivity index (χ1n) is 9.24. The van der Waals surface area contributed by atoms with Crippen LogP contribution in [0.3, 0.4) is 0 Å². The lowest BCUT2D eigenvalue weighted by molar-refractivity contribution is 0.342. The van der Waals surface area contributed by atoms with Gasteiger partial charge < -0.3 is 15.4 Å². The third-order valence-electron chi connectivity index (χ3n) is 5.17. The van der Waals surface area contributed by atoms with Crippen LogP contribution in [0.25, 0.3) is 16.9 Å². The Morgan fingerprint density at radius 3 is 2.89 bits per heavy atom. The lowest BCUT2D eigenvalue weighted by Gasteiger charge is -2.15. The molecule has 1 aliphatic carbocycles. The number of hydrogen-bond donors (Lipinski definition) is 2. The van der Waals surface area contributed by atoms with Gasteiger partial charge in [0.25, 0.3) is 0 Å². The van der Waals surface area contributed by atoms with Crippen molar-refractivity contribution in [1.29, 1.82) is 0 Å². The maximum atomic E-state index is 13.9. The van der Waals surface area contributed by atoms with Gasteiger partial charge in [-0.25, -0.2) is 18.9 Å². The van der Waals surface area contributed by atoms with Crippen LogP contribution in [0, 0.1) is 0 Å². The molecule has 2 fully saturated rings. The zero-order valence-corrected chi connectivity index (χ0v) is 15.0. The summed E-state index contributed by atoms with van der Waals surface area (Å²) in [5.74, 6) is 1.88. The topological polar surface area (TPSA) is 76.4 Å². The van der Waals surface area contributed by atoms with E-state index in [4.69, 9.17) is 9.72 Å². The zero-order valence-electron chi connectivity index (χ0n) is 15.0. The van der Waals surface area contributed by atoms with Gasteiger partial charge in [-0.1, -0.05) is 6.07 Å². The van der Waals surface area contributed by atoms with E-state index in [1.807, 2.05) is 24.4 Å². The van der Waals surface area contributed by atoms with Crippen molar-refractivity contribution < 1.29 is 9.13 Å². The van der Waals surface area contributed by atoms with Gasteiger partial charge in [-0.15, -0.1) is 0 Å². The van der Waals surface area contributed by atoms with Gasteiger partial charge in [0, 0.05) is 19.0 Å². The largest absolute Gasteiger partial charge is 0.493 e. The molecule has 0 radical (unpaired) electrons. The molecule has 4 heterocycles. The zero-order chi connectivity index (χ0) is 18.4. The molecule has 27 heavy (non-hydrogen) atoms. The van der Waals surface area contributed by atoms with E-state index in [9.17, 15) is 4.39 Å². The highest BCUT2D eigenvalue weighted by atomic mass is 19.1. The molecular weight excluding hydrogens is 347 g/mol. The minimum atomic E-state index is -0.914. The van der Waals surface area contributed by atoms with Crippen LogP contribution in [0.5, 0.6) is 5.75 Å². The average Bonchev–Trinajstić information content (AvgIpc) is 3.34. The van der Waals surface area contributed by atoms with Crippen LogP contribution in [-0.2, 0) is 0 Å². The standard InChI is InChI=1S/C19H21FN6O/c1-27-16-10-26-19(25-18(16)11-5-6-11)12(7-22-26)14-3-2-4-17(23-14)24-15-9-21-8-13(15)20/h2-4,7,10-11,13,15,21H,5-6,8-9H2,1H3,(H,23,24). The first-order valence-corrected chi connectivity index (χ1v) is 9.24. The molecule has 3 aromatic rings. The molecule has 0 spiro atoms. The number of alkyl halides is 1. The number of methoxy groups -OCH3 is 1. The summed E-state index contributed by atoms with van der Waals surface area (Å²) in [6.07, 6.45) is 5.00. The van der Waals surface area contributed by atoms with Crippen molar-refractivity contribution in [3.63, 3.8) is 0 Å². The monoisotopic (exact) mass is 368 g/mol. The summed E-state index contributed by atoms with van der Waals surface area (Å²) < 4.78 is 21.1. The Bertz CT molecular complexity index is 985. The molecule has 1 aliphatic heterocycles. The van der Waals surface area contributed by atoms with Crippen LogP contribution in [0.15, 0.2) is 30.6 Å². The Kier molecular flexibility index (Phi) is 3.93. The summed E-state index contributed by atoms with van der Waals surface area (Å²) in [5, 5.41) is 10.6. The van der Waals surface area contributed by atoms with E-state index in [1.54, 1.807) is 17.8 Å². The molecule has 1 saturated heterocycles. The van der Waals surface area contributed by atoms with E-state index >= 15 is 0 Å². The van der Waals surface area contributed by atoms with E-state index < -0.39 is 6.17 Å². The Balaban J connectivity index is 1.51. The fourth-order valence-corrected chi connectivity index (χ4v) is 3.54. The van der Waals surface area contributed by atoms with E-state index in [1.165, 1.54) is 0 Å². The highest BCUT2D eigenvalue weighted by Gasteiger charge is 2.30. The first-order chi connectivity index (χ1) is 13.2. The minimum Gasteiger partial charge on any atom is -0.493 e. The SMILES string of the molecule is COc1cn2ncc(-c3cccc(NC4CNCC4F)n3)c2nc1C1CC1. The third-order valence-corrected chi connectivity index (χ3v) is 5.17. The van der Waals surface area contributed by atoms with Crippen molar-refractivity contribution in [2.45, 2.75) is 31.0 Å². The van der Waals surface area contributed by atoms with Gasteiger partial charge in [0.05, 0.1) is 42.5 Å². The highest BCUT2D eigenvalue weighted by molar-refractivity contribution is 5.75. The quantitative estimate of drug-likeness (QED) is 0.720. The van der Waals surface area contributed by atoms with Crippen LogP contribution < -0.4 is 15.4 Å². The van der Waals surface area contributed by atoms with Crippen LogP contribution in [-0.4, -0.2) is 52.0 Å². The minimum absolute atomic E-state index is 0.263. The molecule has 2 N–H and O–H groups in total. The number of aromatic nitrogens is 4. The summed E-state index contributed by atoms with van der Waals surface area (Å²) in [7, 11) is 1.66. The molecule has 2 unspecified atom stereocenters. The Hall–Kier alpha value is -2.74. The summed E-state index contributed by atoms with van der Waals surface area (Å²) in [6.45, 7) is 0.969. The number of nitrogens with zero attached hydrogens (tertiary/aromatic N) is 4.